The fourth-order valence-electron chi connectivity index (χ4n) is 4.61. The minimum absolute atomic E-state index is 0.856. The molecule has 0 aliphatic carbocycles. The molecule has 0 spiro atoms. The van der Waals surface area contributed by atoms with Gasteiger partial charge in [0.2, 0.25) is 0 Å². The summed E-state index contributed by atoms with van der Waals surface area (Å²) in [5, 5.41) is 6.78. The van der Waals surface area contributed by atoms with Crippen molar-refractivity contribution in [3.63, 3.8) is 0 Å². The SMILES string of the molecule is CCCCCCCCN1CN(c2ccc(N3CCN(c4ccc(OC)cc4)CC3)cc2)C=N1. The van der Waals surface area contributed by atoms with E-state index in [1.54, 1.807) is 7.11 Å². The van der Waals surface area contributed by atoms with Crippen LogP contribution in [0.4, 0.5) is 17.1 Å². The van der Waals surface area contributed by atoms with Crippen LogP contribution in [0.5, 0.6) is 5.75 Å². The van der Waals surface area contributed by atoms with Crippen molar-refractivity contribution in [2.45, 2.75) is 45.4 Å². The molecule has 0 unspecified atom stereocenters. The van der Waals surface area contributed by atoms with Gasteiger partial charge in [-0.2, -0.15) is 5.10 Å². The molecule has 0 bridgehead atoms. The molecular weight excluding hydrogens is 410 g/mol. The van der Waals surface area contributed by atoms with Crippen LogP contribution in [0.3, 0.4) is 0 Å². The van der Waals surface area contributed by atoms with Gasteiger partial charge in [0, 0.05) is 49.8 Å². The summed E-state index contributed by atoms with van der Waals surface area (Å²) in [6.45, 7) is 8.29. The number of unbranched alkanes of at least 4 members (excludes halogenated alkanes) is 5. The number of piperazine rings is 1. The standard InChI is InChI=1S/C27H39N5O/c1-3-4-5-6-7-8-17-32-23-31(22-28-32)26-11-9-24(10-12-26)29-18-20-30(21-19-29)25-13-15-27(33-2)16-14-25/h9-16,22H,3-8,17-21,23H2,1-2H3. The van der Waals surface area contributed by atoms with E-state index in [1.165, 1.54) is 55.6 Å². The van der Waals surface area contributed by atoms with Crippen molar-refractivity contribution in [2.24, 2.45) is 5.10 Å². The van der Waals surface area contributed by atoms with Gasteiger partial charge in [0.25, 0.3) is 0 Å². The monoisotopic (exact) mass is 449 g/mol. The van der Waals surface area contributed by atoms with E-state index >= 15 is 0 Å². The Morgan fingerprint density at radius 3 is 1.88 bits per heavy atom. The van der Waals surface area contributed by atoms with Gasteiger partial charge in [0.1, 0.15) is 18.8 Å². The summed E-state index contributed by atoms with van der Waals surface area (Å²) in [5.74, 6) is 0.908. The zero-order valence-electron chi connectivity index (χ0n) is 20.3. The number of rotatable bonds is 11. The second kappa shape index (κ2) is 11.8. The number of hydrazone groups is 1. The van der Waals surface area contributed by atoms with Gasteiger partial charge in [0.05, 0.1) is 7.11 Å². The molecule has 2 aliphatic heterocycles. The topological polar surface area (TPSA) is 34.5 Å². The summed E-state index contributed by atoms with van der Waals surface area (Å²) in [5.41, 5.74) is 3.78. The van der Waals surface area contributed by atoms with Crippen molar-refractivity contribution in [2.75, 3.05) is 61.2 Å². The molecule has 0 aromatic heterocycles. The van der Waals surface area contributed by atoms with Crippen LogP contribution in [0.2, 0.25) is 0 Å². The first-order chi connectivity index (χ1) is 16.3. The number of hydrogen-bond acceptors (Lipinski definition) is 6. The van der Waals surface area contributed by atoms with Gasteiger partial charge < -0.3 is 19.4 Å². The van der Waals surface area contributed by atoms with Gasteiger partial charge in [-0.15, -0.1) is 0 Å². The van der Waals surface area contributed by atoms with Gasteiger partial charge in [-0.25, -0.2) is 0 Å². The second-order valence-corrected chi connectivity index (χ2v) is 9.03. The Morgan fingerprint density at radius 2 is 1.27 bits per heavy atom. The fraction of sp³-hybridized carbons (Fsp3) is 0.519. The van der Waals surface area contributed by atoms with Crippen LogP contribution in [0.1, 0.15) is 45.4 Å². The van der Waals surface area contributed by atoms with Crippen LogP contribution in [-0.2, 0) is 0 Å². The molecule has 2 aromatic rings. The Balaban J connectivity index is 1.21. The first-order valence-electron chi connectivity index (χ1n) is 12.6. The zero-order valence-corrected chi connectivity index (χ0v) is 20.3. The molecule has 0 N–H and O–H groups in total. The summed E-state index contributed by atoms with van der Waals surface area (Å²) in [7, 11) is 1.71. The number of anilines is 3. The van der Waals surface area contributed by atoms with Crippen LogP contribution in [-0.4, -0.2) is 57.8 Å². The molecule has 2 aromatic carbocycles. The van der Waals surface area contributed by atoms with Crippen LogP contribution in [0, 0.1) is 0 Å². The van der Waals surface area contributed by atoms with Crippen LogP contribution >= 0.6 is 0 Å². The molecule has 0 atom stereocenters. The predicted octanol–water partition coefficient (Wildman–Crippen LogP) is 5.41. The van der Waals surface area contributed by atoms with E-state index in [4.69, 9.17) is 4.74 Å². The zero-order chi connectivity index (χ0) is 22.9. The quantitative estimate of drug-likeness (QED) is 0.429. The smallest absolute Gasteiger partial charge is 0.119 e. The van der Waals surface area contributed by atoms with Crippen molar-refractivity contribution < 1.29 is 4.74 Å². The third-order valence-corrected chi connectivity index (χ3v) is 6.70. The summed E-state index contributed by atoms with van der Waals surface area (Å²) < 4.78 is 5.28. The van der Waals surface area contributed by atoms with Crippen molar-refractivity contribution >= 4 is 23.4 Å². The van der Waals surface area contributed by atoms with E-state index in [-0.39, 0.29) is 0 Å². The van der Waals surface area contributed by atoms with Gasteiger partial charge in [-0.3, -0.25) is 5.01 Å². The number of methoxy groups -OCH3 is 1. The van der Waals surface area contributed by atoms with Crippen molar-refractivity contribution in [1.29, 1.82) is 0 Å². The molecule has 0 saturated carbocycles. The van der Waals surface area contributed by atoms with E-state index in [2.05, 4.69) is 68.1 Å². The normalized spacial score (nSPS) is 16.1. The molecule has 1 fully saturated rings. The maximum atomic E-state index is 5.28. The molecule has 33 heavy (non-hydrogen) atoms. The Labute approximate surface area is 199 Å². The lowest BCUT2D eigenvalue weighted by Crippen LogP contribution is -2.46. The van der Waals surface area contributed by atoms with Gasteiger partial charge in [0.15, 0.2) is 0 Å². The molecule has 0 radical (unpaired) electrons. The third kappa shape index (κ3) is 6.34. The van der Waals surface area contributed by atoms with Crippen molar-refractivity contribution in [3.05, 3.63) is 48.5 Å². The Morgan fingerprint density at radius 1 is 0.727 bits per heavy atom. The van der Waals surface area contributed by atoms with E-state index in [0.29, 0.717) is 0 Å². The largest absolute Gasteiger partial charge is 0.497 e. The van der Waals surface area contributed by atoms with Crippen LogP contribution in [0.15, 0.2) is 53.6 Å². The number of benzene rings is 2. The lowest BCUT2D eigenvalue weighted by atomic mass is 10.1. The maximum absolute atomic E-state index is 5.28. The second-order valence-electron chi connectivity index (χ2n) is 9.03. The minimum atomic E-state index is 0.856. The van der Waals surface area contributed by atoms with Gasteiger partial charge in [-0.1, -0.05) is 39.0 Å². The first-order valence-corrected chi connectivity index (χ1v) is 12.6. The lowest BCUT2D eigenvalue weighted by molar-refractivity contribution is 0.308. The van der Waals surface area contributed by atoms with Crippen LogP contribution < -0.4 is 19.4 Å². The molecule has 178 valence electrons. The Kier molecular flexibility index (Phi) is 8.34. The Bertz CT molecular complexity index is 859. The van der Waals surface area contributed by atoms with Gasteiger partial charge in [-0.05, 0) is 55.0 Å². The molecule has 4 rings (SSSR count). The highest BCUT2D eigenvalue weighted by Gasteiger charge is 2.19. The molecule has 2 aliphatic rings. The number of ether oxygens (including phenoxy) is 1. The number of nitrogens with zero attached hydrogens (tertiary/aromatic N) is 5. The van der Waals surface area contributed by atoms with E-state index < -0.39 is 0 Å². The average Bonchev–Trinajstić information content (AvgIpc) is 3.35. The lowest BCUT2D eigenvalue weighted by Gasteiger charge is -2.37. The summed E-state index contributed by atoms with van der Waals surface area (Å²) >= 11 is 0. The third-order valence-electron chi connectivity index (χ3n) is 6.70. The summed E-state index contributed by atoms with van der Waals surface area (Å²) in [4.78, 5) is 7.17. The van der Waals surface area contributed by atoms with Gasteiger partial charge >= 0.3 is 0 Å². The summed E-state index contributed by atoms with van der Waals surface area (Å²) in [6, 6.07) is 17.3. The molecule has 6 heteroatoms. The van der Waals surface area contributed by atoms with Crippen molar-refractivity contribution in [1.82, 2.24) is 5.01 Å². The highest BCUT2D eigenvalue weighted by molar-refractivity contribution is 5.80. The fourth-order valence-corrected chi connectivity index (χ4v) is 4.61. The molecule has 6 nitrogen and oxygen atoms in total. The van der Waals surface area contributed by atoms with E-state index in [9.17, 15) is 0 Å². The highest BCUT2D eigenvalue weighted by Crippen LogP contribution is 2.25. The van der Waals surface area contributed by atoms with Crippen LogP contribution in [0.25, 0.3) is 0 Å². The maximum Gasteiger partial charge on any atom is 0.119 e. The predicted molar refractivity (Wildman–Crippen MR) is 140 cm³/mol. The highest BCUT2D eigenvalue weighted by atomic mass is 16.5. The molecule has 1 saturated heterocycles. The minimum Gasteiger partial charge on any atom is -0.497 e. The number of hydrogen-bond donors (Lipinski definition) is 0. The van der Waals surface area contributed by atoms with E-state index in [0.717, 1.165) is 45.1 Å². The van der Waals surface area contributed by atoms with E-state index in [1.807, 2.05) is 18.5 Å². The molecule has 0 amide bonds. The Hall–Kier alpha value is -2.89. The molecule has 2 heterocycles. The first kappa shape index (κ1) is 23.3. The average molecular weight is 450 g/mol. The van der Waals surface area contributed by atoms with Crippen molar-refractivity contribution in [3.8, 4) is 5.75 Å². The summed E-state index contributed by atoms with van der Waals surface area (Å²) in [6.07, 6.45) is 9.91. The molecular formula is C27H39N5O.